The minimum Gasteiger partial charge on any atom is -0.462 e. The van der Waals surface area contributed by atoms with Crippen molar-refractivity contribution in [1.82, 2.24) is 0 Å². The van der Waals surface area contributed by atoms with Gasteiger partial charge in [-0.25, -0.2) is 0 Å². The number of unbranched alkanes of at least 4 members (excludes halogenated alkanes) is 33. The van der Waals surface area contributed by atoms with Crippen LogP contribution in [0, 0.1) is 0 Å². The second-order valence-electron chi connectivity index (χ2n) is 18.6. The van der Waals surface area contributed by atoms with Gasteiger partial charge < -0.3 is 14.2 Å². The Kier molecular flexibility index (Phi) is 50.8. The summed E-state index contributed by atoms with van der Waals surface area (Å²) in [6, 6.07) is 0. The molecule has 0 rings (SSSR count). The van der Waals surface area contributed by atoms with E-state index in [0.717, 1.165) is 89.9 Å². The Morgan fingerprint density at radius 3 is 0.859 bits per heavy atom. The molecule has 0 fully saturated rings. The molecular weight excluding hydrogens is 793 g/mol. The summed E-state index contributed by atoms with van der Waals surface area (Å²) in [5.74, 6) is -0.897. The summed E-state index contributed by atoms with van der Waals surface area (Å²) < 4.78 is 16.8. The number of carbonyl (C=O) groups excluding carboxylic acids is 3. The summed E-state index contributed by atoms with van der Waals surface area (Å²) in [5, 5.41) is 0. The lowest BCUT2D eigenvalue weighted by atomic mass is 10.0. The first-order valence-corrected chi connectivity index (χ1v) is 27.7. The third-order valence-corrected chi connectivity index (χ3v) is 12.1. The summed E-state index contributed by atoms with van der Waals surface area (Å²) in [4.78, 5) is 38.1. The number of ether oxygens (including phenoxy) is 3. The standard InChI is InChI=1S/C58H104O6/c1-4-7-10-13-16-19-22-25-27-28-29-31-33-36-39-42-45-48-51-57(60)63-54-55(53-62-56(59)50-47-44-41-38-35-32-24-21-18-15-12-9-6-3)64-58(61)52-49-46-43-40-37-34-30-26-23-20-17-14-11-8-5-2/h17,20,23,26-29,31,55H,4-16,18-19,21-22,24-25,30,32-54H2,1-3H3/b20-17-,26-23-,28-27-,31-29-. The molecule has 64 heavy (non-hydrogen) atoms. The van der Waals surface area contributed by atoms with Gasteiger partial charge in [0, 0.05) is 19.3 Å². The van der Waals surface area contributed by atoms with Crippen LogP contribution < -0.4 is 0 Å². The quantitative estimate of drug-likeness (QED) is 0.0262. The molecular formula is C58H104O6. The van der Waals surface area contributed by atoms with E-state index >= 15 is 0 Å². The van der Waals surface area contributed by atoms with Gasteiger partial charge in [0.15, 0.2) is 6.10 Å². The largest absolute Gasteiger partial charge is 0.462 e. The first kappa shape index (κ1) is 61.4. The fourth-order valence-corrected chi connectivity index (χ4v) is 7.90. The van der Waals surface area contributed by atoms with Crippen molar-refractivity contribution < 1.29 is 28.6 Å². The fraction of sp³-hybridized carbons (Fsp3) is 0.810. The molecule has 0 aromatic carbocycles. The van der Waals surface area contributed by atoms with E-state index in [9.17, 15) is 14.4 Å². The van der Waals surface area contributed by atoms with Crippen LogP contribution in [0.3, 0.4) is 0 Å². The molecule has 0 aliphatic rings. The van der Waals surface area contributed by atoms with Crippen molar-refractivity contribution in [3.8, 4) is 0 Å². The number of allylic oxidation sites excluding steroid dienone is 8. The molecule has 1 atom stereocenters. The molecule has 0 aromatic heterocycles. The summed E-state index contributed by atoms with van der Waals surface area (Å²) in [6.45, 7) is 6.60. The van der Waals surface area contributed by atoms with Crippen molar-refractivity contribution >= 4 is 17.9 Å². The van der Waals surface area contributed by atoms with Crippen LogP contribution in [0.15, 0.2) is 48.6 Å². The van der Waals surface area contributed by atoms with E-state index in [1.165, 1.54) is 154 Å². The van der Waals surface area contributed by atoms with Gasteiger partial charge in [-0.3, -0.25) is 14.4 Å². The molecule has 0 aromatic rings. The molecule has 0 saturated heterocycles. The van der Waals surface area contributed by atoms with E-state index < -0.39 is 6.10 Å². The van der Waals surface area contributed by atoms with E-state index in [1.807, 2.05) is 0 Å². The average Bonchev–Trinajstić information content (AvgIpc) is 3.29. The van der Waals surface area contributed by atoms with E-state index in [1.54, 1.807) is 0 Å². The third-order valence-electron chi connectivity index (χ3n) is 12.1. The maximum atomic E-state index is 12.8. The zero-order valence-electron chi connectivity index (χ0n) is 42.6. The average molecular weight is 897 g/mol. The Bertz CT molecular complexity index is 1120. The molecule has 0 N–H and O–H groups in total. The monoisotopic (exact) mass is 897 g/mol. The van der Waals surface area contributed by atoms with Gasteiger partial charge in [-0.1, -0.05) is 243 Å². The molecule has 0 aliphatic carbocycles. The number of rotatable bonds is 50. The van der Waals surface area contributed by atoms with Crippen LogP contribution >= 0.6 is 0 Å². The Morgan fingerprint density at radius 1 is 0.312 bits per heavy atom. The van der Waals surface area contributed by atoms with Crippen LogP contribution in [0.5, 0.6) is 0 Å². The third kappa shape index (κ3) is 50.4. The van der Waals surface area contributed by atoms with Crippen LogP contribution in [0.1, 0.15) is 284 Å². The predicted octanol–water partition coefficient (Wildman–Crippen LogP) is 18.3. The predicted molar refractivity (Wildman–Crippen MR) is 275 cm³/mol. The summed E-state index contributed by atoms with van der Waals surface area (Å²) in [7, 11) is 0. The SMILES string of the molecule is CCCCC/C=C\C=C/CCCCCCCCC(=O)OC(COC(=O)CCCCCCC/C=C\C=C/CCCCCCCCC)COC(=O)CCCCCCCCCCCCCCC. The Labute approximate surface area is 397 Å². The van der Waals surface area contributed by atoms with Crippen molar-refractivity contribution in [3.63, 3.8) is 0 Å². The van der Waals surface area contributed by atoms with Crippen molar-refractivity contribution in [2.45, 2.75) is 290 Å². The number of carbonyl (C=O) groups is 3. The van der Waals surface area contributed by atoms with Gasteiger partial charge in [-0.2, -0.15) is 0 Å². The normalized spacial score (nSPS) is 12.4. The molecule has 0 saturated carbocycles. The van der Waals surface area contributed by atoms with Crippen molar-refractivity contribution in [2.75, 3.05) is 13.2 Å². The van der Waals surface area contributed by atoms with Crippen LogP contribution in [-0.4, -0.2) is 37.2 Å². The van der Waals surface area contributed by atoms with Gasteiger partial charge in [0.25, 0.3) is 0 Å². The molecule has 1 unspecified atom stereocenters. The lowest BCUT2D eigenvalue weighted by Crippen LogP contribution is -2.30. The van der Waals surface area contributed by atoms with Gasteiger partial charge in [0.05, 0.1) is 0 Å². The first-order valence-electron chi connectivity index (χ1n) is 27.7. The summed E-state index contributed by atoms with van der Waals surface area (Å²) in [5.41, 5.74) is 0. The Hall–Kier alpha value is -2.63. The number of hydrogen-bond acceptors (Lipinski definition) is 6. The molecule has 0 heterocycles. The highest BCUT2D eigenvalue weighted by Crippen LogP contribution is 2.15. The van der Waals surface area contributed by atoms with Crippen molar-refractivity contribution in [3.05, 3.63) is 48.6 Å². The van der Waals surface area contributed by atoms with Crippen LogP contribution in [0.4, 0.5) is 0 Å². The van der Waals surface area contributed by atoms with Gasteiger partial charge in [-0.05, 0) is 70.6 Å². The topological polar surface area (TPSA) is 78.9 Å². The Morgan fingerprint density at radius 2 is 0.547 bits per heavy atom. The van der Waals surface area contributed by atoms with E-state index in [0.29, 0.717) is 19.3 Å². The lowest BCUT2D eigenvalue weighted by molar-refractivity contribution is -0.167. The number of esters is 3. The molecule has 0 spiro atoms. The minimum absolute atomic E-state index is 0.0805. The van der Waals surface area contributed by atoms with Crippen LogP contribution in [-0.2, 0) is 28.6 Å². The Balaban J connectivity index is 4.39. The zero-order valence-corrected chi connectivity index (χ0v) is 42.6. The smallest absolute Gasteiger partial charge is 0.306 e. The molecule has 0 amide bonds. The second kappa shape index (κ2) is 53.0. The maximum absolute atomic E-state index is 12.8. The van der Waals surface area contributed by atoms with Crippen molar-refractivity contribution in [1.29, 1.82) is 0 Å². The van der Waals surface area contributed by atoms with E-state index in [2.05, 4.69) is 69.4 Å². The lowest BCUT2D eigenvalue weighted by Gasteiger charge is -2.18. The number of hydrogen-bond donors (Lipinski definition) is 0. The van der Waals surface area contributed by atoms with Gasteiger partial charge >= 0.3 is 17.9 Å². The van der Waals surface area contributed by atoms with Crippen molar-refractivity contribution in [2.24, 2.45) is 0 Å². The highest BCUT2D eigenvalue weighted by Gasteiger charge is 2.19. The van der Waals surface area contributed by atoms with Gasteiger partial charge in [-0.15, -0.1) is 0 Å². The minimum atomic E-state index is -0.783. The fourth-order valence-electron chi connectivity index (χ4n) is 7.90. The summed E-state index contributed by atoms with van der Waals surface area (Å²) >= 11 is 0. The highest BCUT2D eigenvalue weighted by molar-refractivity contribution is 5.71. The zero-order chi connectivity index (χ0) is 46.5. The molecule has 0 aliphatic heterocycles. The van der Waals surface area contributed by atoms with E-state index in [-0.39, 0.29) is 31.1 Å². The van der Waals surface area contributed by atoms with E-state index in [4.69, 9.17) is 14.2 Å². The second-order valence-corrected chi connectivity index (χ2v) is 18.6. The molecule has 6 nitrogen and oxygen atoms in total. The molecule has 0 radical (unpaired) electrons. The maximum Gasteiger partial charge on any atom is 0.306 e. The van der Waals surface area contributed by atoms with Crippen LogP contribution in [0.25, 0.3) is 0 Å². The molecule has 372 valence electrons. The molecule has 6 heteroatoms. The molecule has 0 bridgehead atoms. The van der Waals surface area contributed by atoms with Gasteiger partial charge in [0.1, 0.15) is 13.2 Å². The summed E-state index contributed by atoms with van der Waals surface area (Å²) in [6.07, 6.45) is 63.8. The highest BCUT2D eigenvalue weighted by atomic mass is 16.6. The van der Waals surface area contributed by atoms with Crippen LogP contribution in [0.2, 0.25) is 0 Å². The first-order chi connectivity index (χ1) is 31.5. The van der Waals surface area contributed by atoms with Gasteiger partial charge in [0.2, 0.25) is 0 Å².